The fourth-order valence-corrected chi connectivity index (χ4v) is 4.91. The van der Waals surface area contributed by atoms with Gasteiger partial charge in [0.15, 0.2) is 0 Å². The van der Waals surface area contributed by atoms with Crippen molar-refractivity contribution < 1.29 is 0 Å². The second kappa shape index (κ2) is 1.66. The molecule has 0 N–H and O–H groups in total. The average Bonchev–Trinajstić information content (AvgIpc) is 2.36. The lowest BCUT2D eigenvalue weighted by atomic mass is 9.89. The largest absolute Gasteiger partial charge is 0.0853 e. The van der Waals surface area contributed by atoms with Crippen LogP contribution in [0.5, 0.6) is 0 Å². The van der Waals surface area contributed by atoms with Crippen LogP contribution in [-0.2, 0) is 0 Å². The van der Waals surface area contributed by atoms with Gasteiger partial charge in [-0.25, -0.2) is 0 Å². The number of allylic oxidation sites excluding steroid dienone is 2. The highest BCUT2D eigenvalue weighted by atomic mass is 14.8. The molecule has 0 aromatic heterocycles. The summed E-state index contributed by atoms with van der Waals surface area (Å²) in [5, 5.41) is 0. The summed E-state index contributed by atoms with van der Waals surface area (Å²) in [6.45, 7) is 2.34. The molecule has 0 unspecified atom stereocenters. The highest BCUT2D eigenvalue weighted by Gasteiger charge is 2.72. The second-order valence-corrected chi connectivity index (χ2v) is 5.54. The SMILES string of the molecule is CC1=CC[C@H]2[C@@H]3C[C@@H]4[C@H]2[C@@H]4[C@@H]3C1. The molecular formula is C12H16. The molecule has 0 spiro atoms. The average molecular weight is 160 g/mol. The fourth-order valence-electron chi connectivity index (χ4n) is 4.91. The van der Waals surface area contributed by atoms with Crippen LogP contribution in [0.4, 0.5) is 0 Å². The van der Waals surface area contributed by atoms with E-state index in [1.54, 1.807) is 12.0 Å². The first-order valence-electron chi connectivity index (χ1n) is 5.52. The Hall–Kier alpha value is -0.260. The molecule has 6 bridgehead atoms. The van der Waals surface area contributed by atoms with Gasteiger partial charge >= 0.3 is 0 Å². The van der Waals surface area contributed by atoms with Crippen LogP contribution in [0, 0.1) is 35.5 Å². The summed E-state index contributed by atoms with van der Waals surface area (Å²) in [4.78, 5) is 0. The molecule has 0 saturated heterocycles. The van der Waals surface area contributed by atoms with E-state index in [1.807, 2.05) is 0 Å². The Kier molecular flexibility index (Phi) is 0.865. The highest BCUT2D eigenvalue weighted by molar-refractivity contribution is 5.25. The molecule has 4 fully saturated rings. The molecule has 5 aliphatic carbocycles. The molecule has 0 amide bonds. The Balaban J connectivity index is 1.81. The van der Waals surface area contributed by atoms with Gasteiger partial charge in [-0.1, -0.05) is 11.6 Å². The van der Waals surface area contributed by atoms with Crippen molar-refractivity contribution in [3.63, 3.8) is 0 Å². The quantitative estimate of drug-likeness (QED) is 0.478. The van der Waals surface area contributed by atoms with Gasteiger partial charge in [0.25, 0.3) is 0 Å². The van der Waals surface area contributed by atoms with Crippen LogP contribution >= 0.6 is 0 Å². The van der Waals surface area contributed by atoms with E-state index in [4.69, 9.17) is 0 Å². The Morgan fingerprint density at radius 3 is 2.75 bits per heavy atom. The van der Waals surface area contributed by atoms with Gasteiger partial charge in [0.1, 0.15) is 0 Å². The zero-order valence-electron chi connectivity index (χ0n) is 7.66. The summed E-state index contributed by atoms with van der Waals surface area (Å²) in [6.07, 6.45) is 7.05. The predicted molar refractivity (Wildman–Crippen MR) is 48.5 cm³/mol. The highest BCUT2D eigenvalue weighted by Crippen LogP contribution is 2.78. The summed E-state index contributed by atoms with van der Waals surface area (Å²) < 4.78 is 0. The molecule has 0 aliphatic heterocycles. The van der Waals surface area contributed by atoms with Crippen LogP contribution in [0.25, 0.3) is 0 Å². The van der Waals surface area contributed by atoms with Crippen LogP contribution in [0.2, 0.25) is 0 Å². The van der Waals surface area contributed by atoms with Crippen molar-refractivity contribution in [2.24, 2.45) is 35.5 Å². The standard InChI is InChI=1S/C12H16/c1-6-2-3-7-8-5-10-11(7)12(10)9(8)4-6/h2,7-12H,3-5H2,1H3/t7-,8-,9+,10+,11-,12+/m0/s1. The third-order valence-electron chi connectivity index (χ3n) is 5.22. The maximum absolute atomic E-state index is 2.54. The van der Waals surface area contributed by atoms with Crippen molar-refractivity contribution in [1.29, 1.82) is 0 Å². The molecule has 12 heavy (non-hydrogen) atoms. The maximum atomic E-state index is 2.54. The summed E-state index contributed by atoms with van der Waals surface area (Å²) in [5.74, 6) is 7.09. The molecule has 64 valence electrons. The Bertz CT molecular complexity index is 276. The minimum atomic E-state index is 1.14. The molecule has 5 rings (SSSR count). The Morgan fingerprint density at radius 2 is 1.92 bits per heavy atom. The zero-order chi connectivity index (χ0) is 7.87. The molecule has 0 radical (unpaired) electrons. The summed E-state index contributed by atoms with van der Waals surface area (Å²) in [6, 6.07) is 0. The van der Waals surface area contributed by atoms with Crippen LogP contribution in [-0.4, -0.2) is 0 Å². The smallest absolute Gasteiger partial charge is 0.0289 e. The van der Waals surface area contributed by atoms with Gasteiger partial charge in [0.05, 0.1) is 0 Å². The molecule has 0 heterocycles. The first kappa shape index (κ1) is 6.23. The zero-order valence-corrected chi connectivity index (χ0v) is 7.66. The van der Waals surface area contributed by atoms with E-state index < -0.39 is 0 Å². The first-order valence-corrected chi connectivity index (χ1v) is 5.52. The fraction of sp³-hybridized carbons (Fsp3) is 0.833. The lowest BCUT2D eigenvalue weighted by molar-refractivity contribution is 0.345. The molecule has 6 atom stereocenters. The van der Waals surface area contributed by atoms with Crippen molar-refractivity contribution in [3.05, 3.63) is 11.6 Å². The summed E-state index contributed by atoms with van der Waals surface area (Å²) in [5.41, 5.74) is 1.69. The first-order chi connectivity index (χ1) is 5.86. The van der Waals surface area contributed by atoms with Crippen LogP contribution in [0.15, 0.2) is 11.6 Å². The van der Waals surface area contributed by atoms with Gasteiger partial charge in [-0.15, -0.1) is 0 Å². The van der Waals surface area contributed by atoms with E-state index in [-0.39, 0.29) is 0 Å². The maximum Gasteiger partial charge on any atom is -0.0289 e. The predicted octanol–water partition coefficient (Wildman–Crippen LogP) is 2.85. The molecule has 5 aliphatic rings. The van der Waals surface area contributed by atoms with Crippen molar-refractivity contribution in [3.8, 4) is 0 Å². The van der Waals surface area contributed by atoms with Crippen molar-refractivity contribution >= 4 is 0 Å². The van der Waals surface area contributed by atoms with E-state index in [9.17, 15) is 0 Å². The number of rotatable bonds is 0. The topological polar surface area (TPSA) is 0 Å². The monoisotopic (exact) mass is 160 g/mol. The lowest BCUT2D eigenvalue weighted by Crippen LogP contribution is -2.09. The van der Waals surface area contributed by atoms with E-state index in [0.717, 1.165) is 11.8 Å². The third kappa shape index (κ3) is 0.496. The Morgan fingerprint density at radius 1 is 1.08 bits per heavy atom. The van der Waals surface area contributed by atoms with Gasteiger partial charge in [-0.2, -0.15) is 0 Å². The minimum absolute atomic E-state index is 1.14. The molecule has 0 heteroatoms. The second-order valence-electron chi connectivity index (χ2n) is 5.54. The molecule has 0 nitrogen and oxygen atoms in total. The Labute approximate surface area is 74.0 Å². The van der Waals surface area contributed by atoms with Crippen LogP contribution in [0.3, 0.4) is 0 Å². The van der Waals surface area contributed by atoms with E-state index in [0.29, 0.717) is 0 Å². The summed E-state index contributed by atoms with van der Waals surface area (Å²) in [7, 11) is 0. The van der Waals surface area contributed by atoms with Crippen LogP contribution < -0.4 is 0 Å². The van der Waals surface area contributed by atoms with E-state index in [1.165, 1.54) is 36.5 Å². The molecule has 0 aromatic carbocycles. The normalized spacial score (nSPS) is 64.6. The van der Waals surface area contributed by atoms with Gasteiger partial charge in [0.2, 0.25) is 0 Å². The van der Waals surface area contributed by atoms with Crippen molar-refractivity contribution in [1.82, 2.24) is 0 Å². The van der Waals surface area contributed by atoms with E-state index in [2.05, 4.69) is 13.0 Å². The minimum Gasteiger partial charge on any atom is -0.0853 e. The summed E-state index contributed by atoms with van der Waals surface area (Å²) >= 11 is 0. The lowest BCUT2D eigenvalue weighted by Gasteiger charge is -2.15. The third-order valence-corrected chi connectivity index (χ3v) is 5.22. The molecule has 0 aromatic rings. The van der Waals surface area contributed by atoms with Gasteiger partial charge in [-0.05, 0) is 61.7 Å². The van der Waals surface area contributed by atoms with Crippen molar-refractivity contribution in [2.45, 2.75) is 26.2 Å². The molecule has 4 saturated carbocycles. The molecular weight excluding hydrogens is 144 g/mol. The van der Waals surface area contributed by atoms with Crippen molar-refractivity contribution in [2.75, 3.05) is 0 Å². The van der Waals surface area contributed by atoms with Gasteiger partial charge in [0, 0.05) is 0 Å². The van der Waals surface area contributed by atoms with E-state index >= 15 is 0 Å². The van der Waals surface area contributed by atoms with Crippen LogP contribution in [0.1, 0.15) is 26.2 Å². The number of hydrogen-bond donors (Lipinski definition) is 0. The van der Waals surface area contributed by atoms with Gasteiger partial charge in [-0.3, -0.25) is 0 Å². The number of hydrogen-bond acceptors (Lipinski definition) is 0. The van der Waals surface area contributed by atoms with Gasteiger partial charge < -0.3 is 0 Å².